The predicted octanol–water partition coefficient (Wildman–Crippen LogP) is 3.88. The van der Waals surface area contributed by atoms with E-state index in [1.165, 1.54) is 25.7 Å². The van der Waals surface area contributed by atoms with Crippen molar-refractivity contribution in [2.24, 2.45) is 16.8 Å². The fourth-order valence-electron chi connectivity index (χ4n) is 3.81. The molecule has 0 spiro atoms. The van der Waals surface area contributed by atoms with E-state index in [1.807, 2.05) is 25.2 Å². The minimum atomic E-state index is 0. The fourth-order valence-corrected chi connectivity index (χ4v) is 3.81. The number of benzene rings is 1. The molecule has 0 heterocycles. The van der Waals surface area contributed by atoms with Gasteiger partial charge in [-0.05, 0) is 48.8 Å². The fraction of sp³-hybridized carbons (Fsp3) is 0.636. The molecule has 158 valence electrons. The topological polar surface area (TPSA) is 47.9 Å². The molecule has 0 unspecified atom stereocenters. The van der Waals surface area contributed by atoms with Crippen LogP contribution in [-0.4, -0.2) is 62.9 Å². The maximum Gasteiger partial charge on any atom is 0.253 e. The van der Waals surface area contributed by atoms with Crippen molar-refractivity contribution in [2.45, 2.75) is 39.0 Å². The summed E-state index contributed by atoms with van der Waals surface area (Å²) in [6.45, 7) is 4.24. The van der Waals surface area contributed by atoms with E-state index in [0.29, 0.717) is 0 Å². The van der Waals surface area contributed by atoms with Gasteiger partial charge < -0.3 is 15.1 Å². The third kappa shape index (κ3) is 7.60. The number of rotatable bonds is 6. The summed E-state index contributed by atoms with van der Waals surface area (Å²) in [5, 5.41) is 3.47. The molecule has 1 N–H and O–H groups in total. The van der Waals surface area contributed by atoms with E-state index in [1.54, 1.807) is 19.0 Å². The van der Waals surface area contributed by atoms with Crippen LogP contribution in [0.15, 0.2) is 29.3 Å². The summed E-state index contributed by atoms with van der Waals surface area (Å²) < 4.78 is 0. The molecule has 0 atom stereocenters. The summed E-state index contributed by atoms with van der Waals surface area (Å²) in [6.07, 6.45) is 6.23. The highest BCUT2D eigenvalue weighted by molar-refractivity contribution is 14.0. The van der Waals surface area contributed by atoms with Gasteiger partial charge in [-0.2, -0.15) is 0 Å². The van der Waals surface area contributed by atoms with Crippen LogP contribution in [0, 0.1) is 11.8 Å². The number of carbonyl (C=O) groups is 1. The molecule has 0 bridgehead atoms. The Balaban J connectivity index is 0.00000392. The Morgan fingerprint density at radius 1 is 1.18 bits per heavy atom. The minimum absolute atomic E-state index is 0. The first-order valence-corrected chi connectivity index (χ1v) is 10.1. The van der Waals surface area contributed by atoms with Gasteiger partial charge in [-0.3, -0.25) is 9.79 Å². The van der Waals surface area contributed by atoms with E-state index in [4.69, 9.17) is 0 Å². The molecule has 5 nitrogen and oxygen atoms in total. The number of hydrogen-bond donors (Lipinski definition) is 1. The lowest BCUT2D eigenvalue weighted by Gasteiger charge is -2.31. The standard InChI is InChI=1S/C22H36N4O.HI/c1-17-9-11-19(12-10-17)16-26(5)22(23-2)24-14-13-18-7-6-8-20(15-18)21(27)25(3)4;/h6-8,15,17,19H,9-14,16H2,1-5H3,(H,23,24);1H. The largest absolute Gasteiger partial charge is 0.356 e. The van der Waals surface area contributed by atoms with Crippen molar-refractivity contribution in [3.05, 3.63) is 35.4 Å². The van der Waals surface area contributed by atoms with Crippen LogP contribution in [-0.2, 0) is 6.42 Å². The van der Waals surface area contributed by atoms with Gasteiger partial charge in [0.2, 0.25) is 0 Å². The number of carbonyl (C=O) groups excluding carboxylic acids is 1. The quantitative estimate of drug-likeness (QED) is 0.367. The van der Waals surface area contributed by atoms with Crippen molar-refractivity contribution in [1.82, 2.24) is 15.1 Å². The van der Waals surface area contributed by atoms with E-state index in [9.17, 15) is 4.79 Å². The van der Waals surface area contributed by atoms with Crippen molar-refractivity contribution in [1.29, 1.82) is 0 Å². The molecular formula is C22H37IN4O. The SMILES string of the molecule is CN=C(NCCc1cccc(C(=O)N(C)C)c1)N(C)CC1CCC(C)CC1.I. The van der Waals surface area contributed by atoms with Gasteiger partial charge in [-0.25, -0.2) is 0 Å². The van der Waals surface area contributed by atoms with Gasteiger partial charge in [0.05, 0.1) is 0 Å². The second kappa shape index (κ2) is 12.3. The molecule has 1 aromatic carbocycles. The summed E-state index contributed by atoms with van der Waals surface area (Å²) in [7, 11) is 7.54. The maximum absolute atomic E-state index is 12.1. The van der Waals surface area contributed by atoms with Crippen LogP contribution in [0.2, 0.25) is 0 Å². The van der Waals surface area contributed by atoms with Crippen LogP contribution in [0.1, 0.15) is 48.5 Å². The van der Waals surface area contributed by atoms with Crippen LogP contribution in [0.25, 0.3) is 0 Å². The lowest BCUT2D eigenvalue weighted by Crippen LogP contribution is -2.42. The lowest BCUT2D eigenvalue weighted by molar-refractivity contribution is 0.0827. The molecule has 1 fully saturated rings. The summed E-state index contributed by atoms with van der Waals surface area (Å²) in [5.41, 5.74) is 1.90. The van der Waals surface area contributed by atoms with Crippen molar-refractivity contribution < 1.29 is 4.79 Å². The van der Waals surface area contributed by atoms with E-state index in [0.717, 1.165) is 48.4 Å². The summed E-state index contributed by atoms with van der Waals surface area (Å²) in [5.74, 6) is 2.66. The third-order valence-electron chi connectivity index (χ3n) is 5.52. The molecule has 1 aromatic rings. The Labute approximate surface area is 188 Å². The van der Waals surface area contributed by atoms with Crippen LogP contribution in [0.4, 0.5) is 0 Å². The Morgan fingerprint density at radius 2 is 1.86 bits per heavy atom. The van der Waals surface area contributed by atoms with Crippen molar-refractivity contribution >= 4 is 35.8 Å². The lowest BCUT2D eigenvalue weighted by atomic mass is 9.83. The number of nitrogens with one attached hydrogen (secondary N) is 1. The molecule has 0 aromatic heterocycles. The van der Waals surface area contributed by atoms with Crippen molar-refractivity contribution in [3.8, 4) is 0 Å². The van der Waals surface area contributed by atoms with Gasteiger partial charge in [-0.1, -0.05) is 31.9 Å². The molecule has 2 rings (SSSR count). The number of hydrogen-bond acceptors (Lipinski definition) is 2. The zero-order chi connectivity index (χ0) is 19.8. The molecule has 28 heavy (non-hydrogen) atoms. The molecular weight excluding hydrogens is 463 g/mol. The summed E-state index contributed by atoms with van der Waals surface area (Å²) in [4.78, 5) is 20.4. The van der Waals surface area contributed by atoms with E-state index in [2.05, 4.69) is 35.2 Å². The Kier molecular flexibility index (Phi) is 10.9. The molecule has 6 heteroatoms. The molecule has 0 aliphatic heterocycles. The average molecular weight is 500 g/mol. The number of nitrogens with zero attached hydrogens (tertiary/aromatic N) is 3. The number of amides is 1. The van der Waals surface area contributed by atoms with Gasteiger partial charge in [0.15, 0.2) is 5.96 Å². The molecule has 1 aliphatic carbocycles. The monoisotopic (exact) mass is 500 g/mol. The zero-order valence-electron chi connectivity index (χ0n) is 18.1. The third-order valence-corrected chi connectivity index (χ3v) is 5.52. The first kappa shape index (κ1) is 24.7. The smallest absolute Gasteiger partial charge is 0.253 e. The number of aliphatic imine (C=N–C) groups is 1. The van der Waals surface area contributed by atoms with Crippen LogP contribution in [0.3, 0.4) is 0 Å². The maximum atomic E-state index is 12.1. The molecule has 0 saturated heterocycles. The van der Waals surface area contributed by atoms with Crippen molar-refractivity contribution in [2.75, 3.05) is 41.3 Å². The highest BCUT2D eigenvalue weighted by Gasteiger charge is 2.20. The Morgan fingerprint density at radius 3 is 2.46 bits per heavy atom. The molecule has 1 saturated carbocycles. The zero-order valence-corrected chi connectivity index (χ0v) is 20.4. The normalized spacial score (nSPS) is 19.5. The van der Waals surface area contributed by atoms with E-state index < -0.39 is 0 Å². The molecule has 0 radical (unpaired) electrons. The van der Waals surface area contributed by atoms with Gasteiger partial charge >= 0.3 is 0 Å². The van der Waals surface area contributed by atoms with Crippen molar-refractivity contribution in [3.63, 3.8) is 0 Å². The van der Waals surface area contributed by atoms with Crippen LogP contribution < -0.4 is 5.32 Å². The highest BCUT2D eigenvalue weighted by Crippen LogP contribution is 2.28. The minimum Gasteiger partial charge on any atom is -0.356 e. The molecule has 1 aliphatic rings. The number of guanidine groups is 1. The predicted molar refractivity (Wildman–Crippen MR) is 129 cm³/mol. The Bertz CT molecular complexity index is 639. The summed E-state index contributed by atoms with van der Waals surface area (Å²) >= 11 is 0. The van der Waals surface area contributed by atoms with Crippen LogP contribution >= 0.6 is 24.0 Å². The van der Waals surface area contributed by atoms with Gasteiger partial charge in [0.1, 0.15) is 0 Å². The van der Waals surface area contributed by atoms with Gasteiger partial charge in [0, 0.05) is 46.8 Å². The molecule has 1 amide bonds. The van der Waals surface area contributed by atoms with E-state index in [-0.39, 0.29) is 29.9 Å². The van der Waals surface area contributed by atoms with Gasteiger partial charge in [0.25, 0.3) is 5.91 Å². The Hall–Kier alpha value is -1.31. The second-order valence-corrected chi connectivity index (χ2v) is 8.13. The second-order valence-electron chi connectivity index (χ2n) is 8.13. The first-order valence-electron chi connectivity index (χ1n) is 10.1. The highest BCUT2D eigenvalue weighted by atomic mass is 127. The van der Waals surface area contributed by atoms with Gasteiger partial charge in [-0.15, -0.1) is 24.0 Å². The first-order chi connectivity index (χ1) is 12.9. The van der Waals surface area contributed by atoms with Crippen LogP contribution in [0.5, 0.6) is 0 Å². The number of halogens is 1. The summed E-state index contributed by atoms with van der Waals surface area (Å²) in [6, 6.07) is 7.89. The van der Waals surface area contributed by atoms with E-state index >= 15 is 0 Å². The average Bonchev–Trinajstić information content (AvgIpc) is 2.66.